The molecule has 0 aromatic carbocycles. The van der Waals surface area contributed by atoms with Crippen molar-refractivity contribution in [1.29, 1.82) is 0 Å². The molecule has 8 heteroatoms. The molecular weight excluding hydrogens is 248 g/mol. The molecule has 0 aromatic rings. The number of rotatable bonds is 6. The molecule has 0 saturated carbocycles. The zero-order valence-electron chi connectivity index (χ0n) is 10.8. The Labute approximate surface area is 103 Å². The first-order valence-corrected chi connectivity index (χ1v) is 6.88. The lowest BCUT2D eigenvalue weighted by atomic mass is 10.5. The van der Waals surface area contributed by atoms with Crippen LogP contribution in [-0.2, 0) is 14.9 Å². The average Bonchev–Trinajstić information content (AvgIpc) is 2.20. The van der Waals surface area contributed by atoms with Gasteiger partial charge in [-0.05, 0) is 27.7 Å². The highest BCUT2D eigenvalue weighted by atomic mass is 32.2. The Balaban J connectivity index is 0. The van der Waals surface area contributed by atoms with Crippen LogP contribution in [0.25, 0.3) is 0 Å². The molecule has 0 heterocycles. The van der Waals surface area contributed by atoms with Crippen LogP contribution in [0.2, 0.25) is 0 Å². The molecule has 0 saturated heterocycles. The smallest absolute Gasteiger partial charge is 0.425 e. The van der Waals surface area contributed by atoms with Gasteiger partial charge in [-0.15, -0.1) is 0 Å². The molecule has 0 aromatic heterocycles. The third kappa shape index (κ3) is 4.14. The van der Waals surface area contributed by atoms with E-state index in [1.54, 1.807) is 27.7 Å². The summed E-state index contributed by atoms with van der Waals surface area (Å²) in [6.45, 7) is 8.30. The van der Waals surface area contributed by atoms with E-state index in [0.717, 1.165) is 0 Å². The van der Waals surface area contributed by atoms with Gasteiger partial charge in [0.15, 0.2) is 0 Å². The fraction of sp³-hybridized carbons (Fsp3) is 0.889. The monoisotopic (exact) mass is 270 g/mol. The summed E-state index contributed by atoms with van der Waals surface area (Å²) in [4.78, 5) is 11.1. The summed E-state index contributed by atoms with van der Waals surface area (Å²) in [7, 11) is -3.74. The Morgan fingerprint density at radius 3 is 1.82 bits per heavy atom. The third-order valence-corrected chi connectivity index (χ3v) is 4.95. The quantitative estimate of drug-likeness (QED) is 0.715. The molecule has 0 radical (unpaired) electrons. The lowest BCUT2D eigenvalue weighted by Gasteiger charge is -2.32. The van der Waals surface area contributed by atoms with Gasteiger partial charge in [-0.2, -0.15) is 13.1 Å². The predicted octanol–water partition coefficient (Wildman–Crippen LogP) is 0.677. The fourth-order valence-corrected chi connectivity index (χ4v) is 3.03. The van der Waals surface area contributed by atoms with Crippen molar-refractivity contribution < 1.29 is 27.3 Å². The topological polar surface area (TPSA) is 102 Å². The number of nitrogens with one attached hydrogen (secondary N) is 1. The van der Waals surface area contributed by atoms with Crippen LogP contribution in [0.5, 0.6) is 0 Å². The normalized spacial score (nSPS) is 11.5. The Hall–Kier alpha value is -0.860. The minimum absolute atomic E-state index is 0. The molecule has 0 aliphatic rings. The van der Waals surface area contributed by atoms with Crippen molar-refractivity contribution >= 4 is 16.3 Å². The summed E-state index contributed by atoms with van der Waals surface area (Å²) in [6.07, 6.45) is -0.916. The van der Waals surface area contributed by atoms with Gasteiger partial charge in [0.1, 0.15) is 0 Å². The predicted molar refractivity (Wildman–Crippen MR) is 62.9 cm³/mol. The van der Waals surface area contributed by atoms with Crippen molar-refractivity contribution in [3.63, 3.8) is 0 Å². The minimum atomic E-state index is -3.74. The van der Waals surface area contributed by atoms with Crippen LogP contribution in [-0.4, -0.2) is 50.1 Å². The highest BCUT2D eigenvalue weighted by Gasteiger charge is 2.39. The zero-order chi connectivity index (χ0) is 12.8. The molecule has 7 nitrogen and oxygen atoms in total. The van der Waals surface area contributed by atoms with Gasteiger partial charge in [-0.1, -0.05) is 0 Å². The second-order valence-electron chi connectivity index (χ2n) is 3.30. The van der Waals surface area contributed by atoms with Crippen molar-refractivity contribution in [2.75, 3.05) is 26.2 Å². The fourth-order valence-electron chi connectivity index (χ4n) is 1.54. The lowest BCUT2D eigenvalue weighted by molar-refractivity contribution is -0.801. The largest absolute Gasteiger partial charge is 0.870 e. The van der Waals surface area contributed by atoms with Crippen molar-refractivity contribution in [1.82, 2.24) is 4.72 Å². The van der Waals surface area contributed by atoms with Gasteiger partial charge >= 0.3 is 16.3 Å². The summed E-state index contributed by atoms with van der Waals surface area (Å²) in [5.41, 5.74) is 0. The lowest BCUT2D eigenvalue weighted by Crippen LogP contribution is -2.58. The summed E-state index contributed by atoms with van der Waals surface area (Å²) in [5, 5.41) is 0. The number of hydrogen-bond donors (Lipinski definition) is 1. The molecule has 104 valence electrons. The maximum absolute atomic E-state index is 12.0. The summed E-state index contributed by atoms with van der Waals surface area (Å²) in [5.74, 6) is 0. The van der Waals surface area contributed by atoms with Crippen LogP contribution in [0, 0.1) is 0 Å². The molecular formula is C9H22N2O5S. The molecule has 2 N–H and O–H groups in total. The number of carbonyl (C=O) groups excluding carboxylic acids is 1. The number of hydrogen-bond acceptors (Lipinski definition) is 5. The van der Waals surface area contributed by atoms with Crippen LogP contribution >= 0.6 is 0 Å². The maximum atomic E-state index is 12.0. The number of amides is 1. The van der Waals surface area contributed by atoms with Crippen LogP contribution in [0.1, 0.15) is 27.7 Å². The Morgan fingerprint density at radius 1 is 1.12 bits per heavy atom. The van der Waals surface area contributed by atoms with Crippen molar-refractivity contribution in [3.8, 4) is 0 Å². The Bertz CT molecular complexity index is 316. The summed E-state index contributed by atoms with van der Waals surface area (Å²) in [6, 6.07) is 0. The molecule has 0 rings (SSSR count). The van der Waals surface area contributed by atoms with Gasteiger partial charge in [0.05, 0.1) is 26.2 Å². The number of nitrogens with zero attached hydrogens (tertiary/aromatic N) is 1. The second-order valence-corrected chi connectivity index (χ2v) is 5.23. The molecule has 0 bridgehead atoms. The van der Waals surface area contributed by atoms with Crippen LogP contribution in [0.15, 0.2) is 0 Å². The van der Waals surface area contributed by atoms with Crippen molar-refractivity contribution in [3.05, 3.63) is 0 Å². The van der Waals surface area contributed by atoms with Gasteiger partial charge in [0, 0.05) is 0 Å². The van der Waals surface area contributed by atoms with E-state index >= 15 is 0 Å². The molecule has 0 aliphatic heterocycles. The molecule has 0 fully saturated rings. The maximum Gasteiger partial charge on any atom is 0.425 e. The van der Waals surface area contributed by atoms with E-state index < -0.39 is 16.3 Å². The van der Waals surface area contributed by atoms with E-state index in [9.17, 15) is 13.2 Å². The summed E-state index contributed by atoms with van der Waals surface area (Å²) >= 11 is 0. The van der Waals surface area contributed by atoms with Crippen LogP contribution < -0.4 is 4.72 Å². The number of ether oxygens (including phenoxy) is 1. The van der Waals surface area contributed by atoms with E-state index in [4.69, 9.17) is 0 Å². The first-order valence-electron chi connectivity index (χ1n) is 5.44. The number of quaternary nitrogens is 1. The average molecular weight is 270 g/mol. The third-order valence-electron chi connectivity index (χ3n) is 2.73. The first-order chi connectivity index (χ1) is 7.39. The van der Waals surface area contributed by atoms with Gasteiger partial charge in [-0.25, -0.2) is 8.68 Å². The van der Waals surface area contributed by atoms with E-state index in [2.05, 4.69) is 4.74 Å². The van der Waals surface area contributed by atoms with Crippen molar-refractivity contribution in [2.24, 2.45) is 0 Å². The highest BCUT2D eigenvalue weighted by Crippen LogP contribution is 2.12. The van der Waals surface area contributed by atoms with E-state index in [1.165, 1.54) is 0 Å². The Kier molecular flexibility index (Phi) is 8.12. The summed E-state index contributed by atoms with van der Waals surface area (Å²) < 4.78 is 30.3. The SMILES string of the molecule is CCOC(=O)NS(=O)(=O)[N+](CC)(CC)CC.[OH-]. The second kappa shape index (κ2) is 7.46. The van der Waals surface area contributed by atoms with Crippen LogP contribution in [0.3, 0.4) is 0 Å². The van der Waals surface area contributed by atoms with E-state index in [-0.39, 0.29) is 16.0 Å². The minimum Gasteiger partial charge on any atom is -0.870 e. The molecule has 17 heavy (non-hydrogen) atoms. The van der Waals surface area contributed by atoms with Gasteiger partial charge in [-0.3, -0.25) is 0 Å². The highest BCUT2D eigenvalue weighted by molar-refractivity contribution is 7.84. The van der Waals surface area contributed by atoms with Gasteiger partial charge in [0.2, 0.25) is 0 Å². The van der Waals surface area contributed by atoms with Crippen molar-refractivity contribution in [2.45, 2.75) is 27.7 Å². The molecule has 0 unspecified atom stereocenters. The molecule has 1 amide bonds. The van der Waals surface area contributed by atoms with Crippen LogP contribution in [0.4, 0.5) is 4.79 Å². The zero-order valence-corrected chi connectivity index (χ0v) is 11.6. The number of carbonyl (C=O) groups is 1. The van der Waals surface area contributed by atoms with E-state index in [1.807, 2.05) is 4.72 Å². The molecule has 0 aliphatic carbocycles. The molecule has 0 spiro atoms. The molecule has 0 atom stereocenters. The standard InChI is InChI=1S/C9H20N2O4S.H2O/c1-5-11(6-2,7-3)16(13,14)10-9(12)15-8-4;/h5-8H2,1-4H3;1H2. The first kappa shape index (κ1) is 18.5. The van der Waals surface area contributed by atoms with E-state index in [0.29, 0.717) is 19.6 Å². The Morgan fingerprint density at radius 2 is 1.53 bits per heavy atom. The van der Waals surface area contributed by atoms with Gasteiger partial charge < -0.3 is 10.2 Å². The van der Waals surface area contributed by atoms with Gasteiger partial charge in [0.25, 0.3) is 0 Å².